The summed E-state index contributed by atoms with van der Waals surface area (Å²) >= 11 is 1.53. The van der Waals surface area contributed by atoms with E-state index in [1.165, 1.54) is 11.3 Å². The normalized spacial score (nSPS) is 24.6. The molecule has 1 N–H and O–H groups in total. The zero-order chi connectivity index (χ0) is 14.9. The minimum absolute atomic E-state index is 0.147. The summed E-state index contributed by atoms with van der Waals surface area (Å²) in [6.07, 6.45) is 5.84. The molecule has 0 radical (unpaired) electrons. The summed E-state index contributed by atoms with van der Waals surface area (Å²) < 4.78 is 28.0. The van der Waals surface area contributed by atoms with E-state index in [2.05, 4.69) is 19.8 Å². The number of piperidine rings is 1. The highest BCUT2D eigenvalue weighted by atomic mass is 32.2. The number of nitrogens with one attached hydrogen (secondary N) is 1. The number of hydrogen-bond donors (Lipinski definition) is 1. The fraction of sp³-hybridized carbons (Fsp3) is 0.846. The molecule has 21 heavy (non-hydrogen) atoms. The molecule has 118 valence electrons. The van der Waals surface area contributed by atoms with E-state index in [1.807, 2.05) is 6.92 Å². The molecule has 0 bridgehead atoms. The van der Waals surface area contributed by atoms with Crippen molar-refractivity contribution < 1.29 is 8.42 Å². The molecule has 1 aliphatic carbocycles. The van der Waals surface area contributed by atoms with Crippen molar-refractivity contribution in [2.45, 2.75) is 56.7 Å². The van der Waals surface area contributed by atoms with Crippen LogP contribution in [0.2, 0.25) is 0 Å². The Kier molecular flexibility index (Phi) is 4.46. The lowest BCUT2D eigenvalue weighted by molar-refractivity contribution is 0.505. The molecule has 1 aromatic heterocycles. The molecular weight excluding hydrogens is 308 g/mol. The lowest BCUT2D eigenvalue weighted by Gasteiger charge is -2.32. The molecule has 1 aliphatic heterocycles. The number of sulfonamides is 1. The van der Waals surface area contributed by atoms with E-state index >= 15 is 0 Å². The van der Waals surface area contributed by atoms with Gasteiger partial charge in [0.05, 0.1) is 5.25 Å². The summed E-state index contributed by atoms with van der Waals surface area (Å²) in [5.74, 6) is 0. The second-order valence-corrected chi connectivity index (χ2v) is 9.11. The Labute approximate surface area is 130 Å². The maximum Gasteiger partial charge on any atom is 0.216 e. The lowest BCUT2D eigenvalue weighted by Crippen LogP contribution is -2.48. The molecule has 0 unspecified atom stereocenters. The van der Waals surface area contributed by atoms with Gasteiger partial charge in [-0.25, -0.2) is 13.1 Å². The van der Waals surface area contributed by atoms with E-state index in [4.69, 9.17) is 0 Å². The SMILES string of the molecule is Cc1nnc(N2CCC[C@@H](S(=O)(=O)NC3CCCC3)C2)s1. The number of aryl methyl sites for hydroxylation is 1. The Balaban J connectivity index is 1.67. The first kappa shape index (κ1) is 15.2. The molecule has 1 atom stereocenters. The Morgan fingerprint density at radius 2 is 1.95 bits per heavy atom. The van der Waals surface area contributed by atoms with Gasteiger partial charge in [0, 0.05) is 19.1 Å². The number of nitrogens with zero attached hydrogens (tertiary/aromatic N) is 3. The first-order valence-corrected chi connectivity index (χ1v) is 9.97. The second kappa shape index (κ2) is 6.18. The van der Waals surface area contributed by atoms with Crippen LogP contribution in [0.4, 0.5) is 5.13 Å². The van der Waals surface area contributed by atoms with E-state index < -0.39 is 10.0 Å². The summed E-state index contributed by atoms with van der Waals surface area (Å²) in [7, 11) is -3.24. The van der Waals surface area contributed by atoms with E-state index in [0.717, 1.165) is 55.2 Å². The predicted molar refractivity (Wildman–Crippen MR) is 84.2 cm³/mol. The summed E-state index contributed by atoms with van der Waals surface area (Å²) in [5, 5.41) is 9.58. The molecule has 0 amide bonds. The van der Waals surface area contributed by atoms with Crippen molar-refractivity contribution in [2.24, 2.45) is 0 Å². The van der Waals surface area contributed by atoms with Crippen LogP contribution < -0.4 is 9.62 Å². The summed E-state index contributed by atoms with van der Waals surface area (Å²) in [6, 6.07) is 0.147. The molecule has 6 nitrogen and oxygen atoms in total. The molecule has 3 rings (SSSR count). The molecule has 8 heteroatoms. The van der Waals surface area contributed by atoms with Gasteiger partial charge in [0.25, 0.3) is 0 Å². The van der Waals surface area contributed by atoms with Crippen molar-refractivity contribution >= 4 is 26.5 Å². The Hall–Kier alpha value is -0.730. The van der Waals surface area contributed by atoms with Gasteiger partial charge >= 0.3 is 0 Å². The van der Waals surface area contributed by atoms with E-state index in [1.54, 1.807) is 0 Å². The van der Waals surface area contributed by atoms with Gasteiger partial charge in [0.1, 0.15) is 5.01 Å². The highest BCUT2D eigenvalue weighted by molar-refractivity contribution is 7.90. The molecule has 1 saturated carbocycles. The Bertz CT molecular complexity index is 581. The first-order valence-electron chi connectivity index (χ1n) is 7.61. The van der Waals surface area contributed by atoms with Crippen LogP contribution in [0.5, 0.6) is 0 Å². The minimum atomic E-state index is -3.24. The fourth-order valence-corrected chi connectivity index (χ4v) is 5.62. The highest BCUT2D eigenvalue weighted by Crippen LogP contribution is 2.26. The number of hydrogen-bond acceptors (Lipinski definition) is 6. The maximum atomic E-state index is 12.6. The first-order chi connectivity index (χ1) is 10.0. The topological polar surface area (TPSA) is 75.2 Å². The zero-order valence-electron chi connectivity index (χ0n) is 12.3. The van der Waals surface area contributed by atoms with Crippen LogP contribution in [-0.4, -0.2) is 43.0 Å². The maximum absolute atomic E-state index is 12.6. The molecule has 0 aromatic carbocycles. The van der Waals surface area contributed by atoms with Crippen molar-refractivity contribution in [1.82, 2.24) is 14.9 Å². The van der Waals surface area contributed by atoms with Crippen LogP contribution in [0.15, 0.2) is 0 Å². The smallest absolute Gasteiger partial charge is 0.216 e. The van der Waals surface area contributed by atoms with Crippen molar-refractivity contribution in [3.63, 3.8) is 0 Å². The lowest BCUT2D eigenvalue weighted by atomic mass is 10.1. The predicted octanol–water partition coefficient (Wildman–Crippen LogP) is 1.68. The van der Waals surface area contributed by atoms with Crippen LogP contribution in [0, 0.1) is 6.92 Å². The molecular formula is C13H22N4O2S2. The summed E-state index contributed by atoms with van der Waals surface area (Å²) in [5.41, 5.74) is 0. The van der Waals surface area contributed by atoms with Crippen molar-refractivity contribution in [1.29, 1.82) is 0 Å². The van der Waals surface area contributed by atoms with Crippen LogP contribution in [0.25, 0.3) is 0 Å². The van der Waals surface area contributed by atoms with Crippen LogP contribution in [0.3, 0.4) is 0 Å². The summed E-state index contributed by atoms with van der Waals surface area (Å²) in [4.78, 5) is 2.06. The number of aromatic nitrogens is 2. The van der Waals surface area contributed by atoms with E-state index in [0.29, 0.717) is 6.54 Å². The van der Waals surface area contributed by atoms with Gasteiger partial charge in [0.15, 0.2) is 0 Å². The van der Waals surface area contributed by atoms with Gasteiger partial charge in [-0.15, -0.1) is 10.2 Å². The monoisotopic (exact) mass is 330 g/mol. The number of rotatable bonds is 4. The molecule has 2 fully saturated rings. The van der Waals surface area contributed by atoms with Gasteiger partial charge in [-0.05, 0) is 32.6 Å². The summed E-state index contributed by atoms with van der Waals surface area (Å²) in [6.45, 7) is 3.31. The van der Waals surface area contributed by atoms with Crippen LogP contribution in [-0.2, 0) is 10.0 Å². The van der Waals surface area contributed by atoms with E-state index in [-0.39, 0.29) is 11.3 Å². The molecule has 1 saturated heterocycles. The van der Waals surface area contributed by atoms with Crippen molar-refractivity contribution in [2.75, 3.05) is 18.0 Å². The van der Waals surface area contributed by atoms with Crippen molar-refractivity contribution in [3.05, 3.63) is 5.01 Å². The Morgan fingerprint density at radius 1 is 1.19 bits per heavy atom. The van der Waals surface area contributed by atoms with Gasteiger partial charge < -0.3 is 4.90 Å². The van der Waals surface area contributed by atoms with Crippen molar-refractivity contribution in [3.8, 4) is 0 Å². The minimum Gasteiger partial charge on any atom is -0.345 e. The largest absolute Gasteiger partial charge is 0.345 e. The zero-order valence-corrected chi connectivity index (χ0v) is 13.9. The van der Waals surface area contributed by atoms with Gasteiger partial charge in [-0.1, -0.05) is 24.2 Å². The fourth-order valence-electron chi connectivity index (χ4n) is 3.15. The standard InChI is InChI=1S/C13H22N4O2S2/c1-10-14-15-13(20-10)17-8-4-7-12(9-17)21(18,19)16-11-5-2-3-6-11/h11-12,16H,2-9H2,1H3/t12-/m1/s1. The van der Waals surface area contributed by atoms with Crippen LogP contribution in [0.1, 0.15) is 43.5 Å². The second-order valence-electron chi connectivity index (χ2n) is 5.96. The molecule has 1 aromatic rings. The quantitative estimate of drug-likeness (QED) is 0.909. The molecule has 0 spiro atoms. The van der Waals surface area contributed by atoms with Gasteiger partial charge in [0.2, 0.25) is 15.2 Å². The number of anilines is 1. The van der Waals surface area contributed by atoms with Gasteiger partial charge in [-0.3, -0.25) is 0 Å². The van der Waals surface area contributed by atoms with Crippen LogP contribution >= 0.6 is 11.3 Å². The molecule has 2 aliphatic rings. The average Bonchev–Trinajstić information content (AvgIpc) is 3.10. The van der Waals surface area contributed by atoms with Gasteiger partial charge in [-0.2, -0.15) is 0 Å². The average molecular weight is 330 g/mol. The Morgan fingerprint density at radius 3 is 2.62 bits per heavy atom. The third kappa shape index (κ3) is 3.54. The van der Waals surface area contributed by atoms with E-state index in [9.17, 15) is 8.42 Å². The third-order valence-electron chi connectivity index (χ3n) is 4.29. The highest BCUT2D eigenvalue weighted by Gasteiger charge is 2.33. The third-order valence-corrected chi connectivity index (χ3v) is 7.11. The molecule has 2 heterocycles.